The van der Waals surface area contributed by atoms with E-state index >= 15 is 0 Å². The number of halogens is 2. The Kier molecular flexibility index (Phi) is 2.35. The first-order valence-corrected chi connectivity index (χ1v) is 5.37. The van der Waals surface area contributed by atoms with Crippen molar-refractivity contribution in [2.24, 2.45) is 0 Å². The van der Waals surface area contributed by atoms with Gasteiger partial charge in [0.05, 0.1) is 5.02 Å². The molecule has 15 heavy (non-hydrogen) atoms. The monoisotopic (exact) mass is 254 g/mol. The van der Waals surface area contributed by atoms with Gasteiger partial charge in [-0.05, 0) is 0 Å². The molecule has 1 aliphatic rings. The Balaban J connectivity index is 2.40. The van der Waals surface area contributed by atoms with Gasteiger partial charge in [0.2, 0.25) is 6.79 Å². The predicted octanol–water partition coefficient (Wildman–Crippen LogP) is 1.66. The first kappa shape index (κ1) is 10.3. The fourth-order valence-electron chi connectivity index (χ4n) is 1.11. The van der Waals surface area contributed by atoms with Crippen molar-refractivity contribution in [3.63, 3.8) is 0 Å². The lowest BCUT2D eigenvalue weighted by molar-refractivity contribution is 0.174. The normalized spacial score (nSPS) is 14.0. The lowest BCUT2D eigenvalue weighted by Crippen LogP contribution is -2.01. The van der Waals surface area contributed by atoms with E-state index in [1.807, 2.05) is 0 Å². The van der Waals surface area contributed by atoms with Gasteiger partial charge in [-0.2, -0.15) is 8.42 Å². The second-order valence-electron chi connectivity index (χ2n) is 2.62. The van der Waals surface area contributed by atoms with Crippen LogP contribution in [0.4, 0.5) is 3.89 Å². The quantitative estimate of drug-likeness (QED) is 0.751. The number of hydrogen-bond donors (Lipinski definition) is 0. The second-order valence-corrected chi connectivity index (χ2v) is 3.98. The Morgan fingerprint density at radius 3 is 2.80 bits per heavy atom. The van der Waals surface area contributed by atoms with Crippen LogP contribution < -0.4 is 13.7 Å². The summed E-state index contributed by atoms with van der Waals surface area (Å²) in [7, 11) is -5.07. The molecule has 0 saturated heterocycles. The minimum Gasteiger partial charge on any atom is -0.453 e. The zero-order valence-electron chi connectivity index (χ0n) is 7.07. The summed E-state index contributed by atoms with van der Waals surface area (Å²) in [6, 6.07) is 2.29. The Bertz CT molecular complexity index is 500. The molecule has 0 saturated carbocycles. The molecule has 0 spiro atoms. The summed E-state index contributed by atoms with van der Waals surface area (Å²) in [6.45, 7) is -0.0269. The van der Waals surface area contributed by atoms with E-state index in [-0.39, 0.29) is 29.1 Å². The number of fused-ring (bicyclic) bond motifs is 1. The van der Waals surface area contributed by atoms with E-state index in [0.29, 0.717) is 0 Å². The molecule has 5 nitrogen and oxygen atoms in total. The van der Waals surface area contributed by atoms with Gasteiger partial charge < -0.3 is 13.7 Å². The van der Waals surface area contributed by atoms with Crippen molar-refractivity contribution in [2.45, 2.75) is 0 Å². The van der Waals surface area contributed by atoms with E-state index in [2.05, 4.69) is 4.18 Å². The molecule has 0 fully saturated rings. The zero-order valence-corrected chi connectivity index (χ0v) is 8.64. The number of rotatable bonds is 2. The van der Waals surface area contributed by atoms with E-state index in [9.17, 15) is 12.3 Å². The van der Waals surface area contributed by atoms with Gasteiger partial charge in [0.25, 0.3) is 0 Å². The Morgan fingerprint density at radius 1 is 1.40 bits per heavy atom. The van der Waals surface area contributed by atoms with Crippen LogP contribution in [0.3, 0.4) is 0 Å². The maximum Gasteiger partial charge on any atom is 0.488 e. The van der Waals surface area contributed by atoms with Gasteiger partial charge in [-0.3, -0.25) is 0 Å². The van der Waals surface area contributed by atoms with Crippen LogP contribution in [0.5, 0.6) is 17.2 Å². The molecule has 0 bridgehead atoms. The summed E-state index contributed by atoms with van der Waals surface area (Å²) in [5.41, 5.74) is 0. The highest BCUT2D eigenvalue weighted by atomic mass is 35.5. The van der Waals surface area contributed by atoms with E-state index in [1.54, 1.807) is 0 Å². The molecule has 0 aliphatic carbocycles. The maximum absolute atomic E-state index is 12.2. The number of hydrogen-bond acceptors (Lipinski definition) is 5. The van der Waals surface area contributed by atoms with Crippen molar-refractivity contribution >= 4 is 22.1 Å². The molecule has 0 atom stereocenters. The molecule has 8 heteroatoms. The molecule has 1 heterocycles. The van der Waals surface area contributed by atoms with Crippen LogP contribution in [0.1, 0.15) is 0 Å². The summed E-state index contributed by atoms with van der Waals surface area (Å²) < 4.78 is 46.5. The molecule has 1 aliphatic heterocycles. The summed E-state index contributed by atoms with van der Waals surface area (Å²) >= 11 is 5.70. The van der Waals surface area contributed by atoms with Gasteiger partial charge in [-0.25, -0.2) is 0 Å². The summed E-state index contributed by atoms with van der Waals surface area (Å²) in [4.78, 5) is 0. The van der Waals surface area contributed by atoms with Gasteiger partial charge in [-0.1, -0.05) is 15.5 Å². The third-order valence-corrected chi connectivity index (χ3v) is 2.27. The SMILES string of the molecule is O=S(=O)(F)Oc1cc(Cl)c2c(c1)OCO2. The minimum absolute atomic E-state index is 0.0269. The minimum atomic E-state index is -5.07. The van der Waals surface area contributed by atoms with E-state index in [4.69, 9.17) is 21.1 Å². The van der Waals surface area contributed by atoms with Crippen LogP contribution in [0.2, 0.25) is 5.02 Å². The van der Waals surface area contributed by atoms with Crippen molar-refractivity contribution < 1.29 is 26.0 Å². The highest BCUT2D eigenvalue weighted by Gasteiger charge is 2.21. The van der Waals surface area contributed by atoms with Crippen LogP contribution in [-0.2, 0) is 10.5 Å². The Morgan fingerprint density at radius 2 is 2.13 bits per heavy atom. The molecule has 0 aromatic heterocycles. The van der Waals surface area contributed by atoms with Crippen molar-refractivity contribution in [1.29, 1.82) is 0 Å². The Hall–Kier alpha value is -1.21. The molecule has 0 unspecified atom stereocenters. The molecule has 1 aromatic rings. The standard InChI is InChI=1S/C7H4ClFO5S/c8-5-1-4(14-15(9,10)11)2-6-7(5)13-3-12-6/h1-2H,3H2. The van der Waals surface area contributed by atoms with E-state index < -0.39 is 10.5 Å². The second kappa shape index (κ2) is 3.42. The fourth-order valence-corrected chi connectivity index (χ4v) is 1.69. The number of benzene rings is 1. The third-order valence-electron chi connectivity index (χ3n) is 1.60. The average Bonchev–Trinajstić information content (AvgIpc) is 2.48. The van der Waals surface area contributed by atoms with Crippen LogP contribution >= 0.6 is 11.6 Å². The average molecular weight is 255 g/mol. The van der Waals surface area contributed by atoms with Gasteiger partial charge in [0.15, 0.2) is 17.2 Å². The molecule has 2 rings (SSSR count). The molecule has 0 N–H and O–H groups in total. The van der Waals surface area contributed by atoms with Crippen molar-refractivity contribution in [3.8, 4) is 17.2 Å². The zero-order chi connectivity index (χ0) is 11.1. The topological polar surface area (TPSA) is 61.8 Å². The van der Waals surface area contributed by atoms with Crippen LogP contribution in [-0.4, -0.2) is 15.2 Å². The highest BCUT2D eigenvalue weighted by Crippen LogP contribution is 2.42. The van der Waals surface area contributed by atoms with E-state index in [0.717, 1.165) is 6.07 Å². The molecule has 82 valence electrons. The summed E-state index contributed by atoms with van der Waals surface area (Å²) in [5.74, 6) is 0.216. The molecule has 1 aromatic carbocycles. The molecule has 0 radical (unpaired) electrons. The lowest BCUT2D eigenvalue weighted by Gasteiger charge is -2.03. The van der Waals surface area contributed by atoms with Crippen LogP contribution in [0.25, 0.3) is 0 Å². The lowest BCUT2D eigenvalue weighted by atomic mass is 10.3. The Labute approximate surface area is 89.7 Å². The van der Waals surface area contributed by atoms with Crippen LogP contribution in [0, 0.1) is 0 Å². The molecule has 0 amide bonds. The third kappa shape index (κ3) is 2.24. The summed E-state index contributed by atoms with van der Waals surface area (Å²) in [5, 5.41) is 0.0867. The van der Waals surface area contributed by atoms with Crippen molar-refractivity contribution in [3.05, 3.63) is 17.2 Å². The maximum atomic E-state index is 12.2. The van der Waals surface area contributed by atoms with Gasteiger partial charge in [0.1, 0.15) is 0 Å². The van der Waals surface area contributed by atoms with E-state index in [1.165, 1.54) is 6.07 Å². The number of ether oxygens (including phenoxy) is 2. The molecular weight excluding hydrogens is 251 g/mol. The van der Waals surface area contributed by atoms with Gasteiger partial charge in [-0.15, -0.1) is 0 Å². The van der Waals surface area contributed by atoms with Crippen molar-refractivity contribution in [1.82, 2.24) is 0 Å². The smallest absolute Gasteiger partial charge is 0.453 e. The largest absolute Gasteiger partial charge is 0.488 e. The summed E-state index contributed by atoms with van der Waals surface area (Å²) in [6.07, 6.45) is 0. The first-order valence-electron chi connectivity index (χ1n) is 3.69. The van der Waals surface area contributed by atoms with Crippen LogP contribution in [0.15, 0.2) is 12.1 Å². The first-order chi connectivity index (χ1) is 6.96. The predicted molar refractivity (Wildman–Crippen MR) is 48.2 cm³/mol. The highest BCUT2D eigenvalue weighted by molar-refractivity contribution is 7.81. The van der Waals surface area contributed by atoms with Gasteiger partial charge in [0, 0.05) is 12.1 Å². The van der Waals surface area contributed by atoms with Gasteiger partial charge >= 0.3 is 10.5 Å². The fraction of sp³-hybridized carbons (Fsp3) is 0.143. The molecular formula is C7H4ClFO5S. The van der Waals surface area contributed by atoms with Crippen molar-refractivity contribution in [2.75, 3.05) is 6.79 Å².